The number of hydrogen-bond acceptors (Lipinski definition) is 4. The van der Waals surface area contributed by atoms with Gasteiger partial charge in [0, 0.05) is 25.2 Å². The van der Waals surface area contributed by atoms with Gasteiger partial charge in [0.2, 0.25) is 5.91 Å². The maximum absolute atomic E-state index is 14.6. The third-order valence-corrected chi connectivity index (χ3v) is 6.54. The largest absolute Gasteiger partial charge is 0.359 e. The number of rotatable bonds is 3. The average molecular weight is 392 g/mol. The summed E-state index contributed by atoms with van der Waals surface area (Å²) in [7, 11) is 0. The first kappa shape index (κ1) is 19.4. The molecule has 1 aliphatic carbocycles. The topological polar surface area (TPSA) is 47.6 Å². The molecule has 154 valence electrons. The molecule has 4 rings (SSSR count). The molecule has 1 aromatic rings. The highest BCUT2D eigenvalue weighted by Crippen LogP contribution is 2.45. The maximum Gasteiger partial charge on any atom is 0.237 e. The van der Waals surface area contributed by atoms with Gasteiger partial charge in [0.05, 0.1) is 23.5 Å². The molecule has 1 amide bonds. The second-order valence-corrected chi connectivity index (χ2v) is 8.76. The number of piperazine rings is 1. The van der Waals surface area contributed by atoms with Gasteiger partial charge in [0.25, 0.3) is 0 Å². The summed E-state index contributed by atoms with van der Waals surface area (Å²) in [6.45, 7) is 5.71. The number of carbonyl (C=O) groups is 1. The van der Waals surface area contributed by atoms with Crippen LogP contribution in [0.5, 0.6) is 0 Å². The summed E-state index contributed by atoms with van der Waals surface area (Å²) in [6, 6.07) is 2.58. The molecule has 2 aliphatic heterocycles. The predicted molar refractivity (Wildman–Crippen MR) is 106 cm³/mol. The minimum Gasteiger partial charge on any atom is -0.359 e. The molecular formula is C21H30F2N4O. The number of anilines is 2. The van der Waals surface area contributed by atoms with Crippen molar-refractivity contribution in [2.45, 2.75) is 70.1 Å². The van der Waals surface area contributed by atoms with Crippen molar-refractivity contribution >= 4 is 17.3 Å². The van der Waals surface area contributed by atoms with Gasteiger partial charge in [-0.15, -0.1) is 0 Å². The fourth-order valence-electron chi connectivity index (χ4n) is 5.08. The van der Waals surface area contributed by atoms with Crippen LogP contribution in [-0.2, 0) is 4.79 Å². The van der Waals surface area contributed by atoms with Crippen molar-refractivity contribution in [2.24, 2.45) is 0 Å². The van der Waals surface area contributed by atoms with E-state index in [4.69, 9.17) is 0 Å². The minimum atomic E-state index is -0.576. The Kier molecular flexibility index (Phi) is 5.21. The Morgan fingerprint density at radius 3 is 2.50 bits per heavy atom. The quantitative estimate of drug-likeness (QED) is 0.774. The van der Waals surface area contributed by atoms with Gasteiger partial charge in [-0.25, -0.2) is 8.78 Å². The van der Waals surface area contributed by atoms with Gasteiger partial charge < -0.3 is 20.4 Å². The van der Waals surface area contributed by atoms with Gasteiger partial charge in [0.1, 0.15) is 12.0 Å². The number of fused-ring (bicyclic) bond motifs is 1. The summed E-state index contributed by atoms with van der Waals surface area (Å²) in [6.07, 6.45) is 6.34. The smallest absolute Gasteiger partial charge is 0.237 e. The van der Waals surface area contributed by atoms with Crippen LogP contribution in [0.2, 0.25) is 0 Å². The third-order valence-electron chi connectivity index (χ3n) is 6.54. The summed E-state index contributed by atoms with van der Waals surface area (Å²) >= 11 is 0. The maximum atomic E-state index is 14.6. The minimum absolute atomic E-state index is 0.0430. The third kappa shape index (κ3) is 3.34. The van der Waals surface area contributed by atoms with E-state index < -0.39 is 17.2 Å². The first-order chi connectivity index (χ1) is 13.4. The molecule has 1 saturated heterocycles. The Morgan fingerprint density at radius 2 is 1.82 bits per heavy atom. The fraction of sp³-hybridized carbons (Fsp3) is 0.667. The summed E-state index contributed by atoms with van der Waals surface area (Å²) in [5, 5.41) is 6.43. The van der Waals surface area contributed by atoms with Gasteiger partial charge in [-0.1, -0.05) is 25.7 Å². The van der Waals surface area contributed by atoms with E-state index in [0.717, 1.165) is 38.3 Å². The number of hydrogen-bond donors (Lipinski definition) is 2. The molecular weight excluding hydrogens is 362 g/mol. The molecule has 2 fully saturated rings. The summed E-state index contributed by atoms with van der Waals surface area (Å²) < 4.78 is 28.7. The zero-order valence-corrected chi connectivity index (χ0v) is 16.7. The molecule has 5 nitrogen and oxygen atoms in total. The predicted octanol–water partition coefficient (Wildman–Crippen LogP) is 3.46. The van der Waals surface area contributed by atoms with E-state index in [0.29, 0.717) is 24.5 Å². The van der Waals surface area contributed by atoms with Gasteiger partial charge >= 0.3 is 0 Å². The number of benzene rings is 1. The van der Waals surface area contributed by atoms with Gasteiger partial charge in [-0.05, 0) is 32.8 Å². The molecule has 1 saturated carbocycles. The van der Waals surface area contributed by atoms with E-state index >= 15 is 0 Å². The Morgan fingerprint density at radius 1 is 1.11 bits per heavy atom. The lowest BCUT2D eigenvalue weighted by atomic mass is 9.94. The first-order valence-corrected chi connectivity index (χ1v) is 10.4. The highest BCUT2D eigenvalue weighted by molar-refractivity contribution is 5.82. The molecule has 1 aromatic carbocycles. The van der Waals surface area contributed by atoms with Gasteiger partial charge in [-0.2, -0.15) is 0 Å². The van der Waals surface area contributed by atoms with E-state index in [1.165, 1.54) is 18.9 Å². The monoisotopic (exact) mass is 392 g/mol. The molecule has 0 radical (unpaired) electrons. The Balaban J connectivity index is 1.74. The van der Waals surface area contributed by atoms with Crippen LogP contribution in [-0.4, -0.2) is 48.2 Å². The van der Waals surface area contributed by atoms with Crippen LogP contribution in [0.3, 0.4) is 0 Å². The lowest BCUT2D eigenvalue weighted by Gasteiger charge is -2.49. The number of amides is 1. The molecule has 0 spiro atoms. The van der Waals surface area contributed by atoms with Gasteiger partial charge in [0.15, 0.2) is 5.82 Å². The second-order valence-electron chi connectivity index (χ2n) is 8.76. The number of nitrogens with one attached hydrogen (secondary N) is 2. The lowest BCUT2D eigenvalue weighted by molar-refractivity contribution is -0.138. The van der Waals surface area contributed by atoms with Crippen LogP contribution in [0.15, 0.2) is 12.1 Å². The van der Waals surface area contributed by atoms with E-state index in [2.05, 4.69) is 15.5 Å². The van der Waals surface area contributed by atoms with Crippen LogP contribution in [0, 0.1) is 11.6 Å². The molecule has 0 aromatic heterocycles. The van der Waals surface area contributed by atoms with Crippen LogP contribution in [0.25, 0.3) is 0 Å². The zero-order valence-electron chi connectivity index (χ0n) is 16.7. The summed E-state index contributed by atoms with van der Waals surface area (Å²) in [5.74, 6) is -1.09. The molecule has 2 heterocycles. The second kappa shape index (κ2) is 7.50. The first-order valence-electron chi connectivity index (χ1n) is 10.4. The van der Waals surface area contributed by atoms with Gasteiger partial charge in [-0.3, -0.25) is 4.79 Å². The summed E-state index contributed by atoms with van der Waals surface area (Å²) in [4.78, 5) is 16.7. The normalized spacial score (nSPS) is 24.1. The molecule has 7 heteroatoms. The Labute approximate surface area is 165 Å². The van der Waals surface area contributed by atoms with E-state index in [9.17, 15) is 13.6 Å². The van der Waals surface area contributed by atoms with Crippen molar-refractivity contribution in [1.82, 2.24) is 10.2 Å². The fourth-order valence-corrected chi connectivity index (χ4v) is 5.08. The van der Waals surface area contributed by atoms with E-state index in [-0.39, 0.29) is 18.1 Å². The molecule has 28 heavy (non-hydrogen) atoms. The standard InChI is InChI=1S/C21H30F2N4O/c1-21(2,26-10-9-24-13-18(26)28)20-25-19-16(23)11-14(22)12-17(19)27(20)15-7-5-3-4-6-8-15/h11-12,15,20,24-25H,3-10,13H2,1-2H3. The molecule has 1 atom stereocenters. The van der Waals surface area contributed by atoms with Crippen LogP contribution >= 0.6 is 0 Å². The lowest BCUT2D eigenvalue weighted by Crippen LogP contribution is -2.66. The SMILES string of the molecule is CC(C)(C1Nc2c(F)cc(F)cc2N1C1CCCCCC1)N1CCNCC1=O. The van der Waals surface area contributed by atoms with Crippen molar-refractivity contribution in [3.63, 3.8) is 0 Å². The van der Waals surface area contributed by atoms with Crippen molar-refractivity contribution in [3.05, 3.63) is 23.8 Å². The number of nitrogens with zero attached hydrogens (tertiary/aromatic N) is 2. The average Bonchev–Trinajstić information content (AvgIpc) is 2.84. The summed E-state index contributed by atoms with van der Waals surface area (Å²) in [5.41, 5.74) is 0.365. The Hall–Kier alpha value is -1.89. The number of halogens is 2. The van der Waals surface area contributed by atoms with Crippen molar-refractivity contribution in [3.8, 4) is 0 Å². The zero-order chi connectivity index (χ0) is 19.9. The van der Waals surface area contributed by atoms with Crippen LogP contribution in [0.1, 0.15) is 52.4 Å². The molecule has 1 unspecified atom stereocenters. The van der Waals surface area contributed by atoms with Crippen molar-refractivity contribution in [2.75, 3.05) is 29.9 Å². The molecule has 2 N–H and O–H groups in total. The van der Waals surface area contributed by atoms with Crippen LogP contribution in [0.4, 0.5) is 20.2 Å². The molecule has 0 bridgehead atoms. The highest BCUT2D eigenvalue weighted by Gasteiger charge is 2.48. The van der Waals surface area contributed by atoms with Crippen molar-refractivity contribution < 1.29 is 13.6 Å². The van der Waals surface area contributed by atoms with Crippen molar-refractivity contribution in [1.29, 1.82) is 0 Å². The number of carbonyl (C=O) groups excluding carboxylic acids is 1. The Bertz CT molecular complexity index is 746. The van der Waals surface area contributed by atoms with Crippen LogP contribution < -0.4 is 15.5 Å². The highest BCUT2D eigenvalue weighted by atomic mass is 19.1. The molecule has 3 aliphatic rings. The van der Waals surface area contributed by atoms with E-state index in [1.54, 1.807) is 0 Å². The van der Waals surface area contributed by atoms with E-state index in [1.807, 2.05) is 18.7 Å².